The number of hydrogen-bond donors (Lipinski definition) is 2. The lowest BCUT2D eigenvalue weighted by Gasteiger charge is -2.16. The Bertz CT molecular complexity index is 257. The zero-order valence-electron chi connectivity index (χ0n) is 10.8. The van der Waals surface area contributed by atoms with Gasteiger partial charge in [0, 0.05) is 19.0 Å². The topological polar surface area (TPSA) is 50.4 Å². The van der Waals surface area contributed by atoms with Crippen molar-refractivity contribution < 1.29 is 0 Å². The van der Waals surface area contributed by atoms with Gasteiger partial charge in [0.25, 0.3) is 0 Å². The zero-order valence-corrected chi connectivity index (χ0v) is 10.8. The molecule has 0 amide bonds. The number of rotatable bonds is 5. The fourth-order valence-electron chi connectivity index (χ4n) is 2.22. The van der Waals surface area contributed by atoms with Crippen molar-refractivity contribution in [1.82, 2.24) is 5.32 Å². The van der Waals surface area contributed by atoms with E-state index < -0.39 is 0 Å². The van der Waals surface area contributed by atoms with Crippen molar-refractivity contribution in [3.63, 3.8) is 0 Å². The Hall–Kier alpha value is -1.17. The van der Waals surface area contributed by atoms with Crippen LogP contribution in [0.5, 0.6) is 0 Å². The molecule has 0 aromatic carbocycles. The van der Waals surface area contributed by atoms with E-state index in [0.717, 1.165) is 25.8 Å². The number of unbranched alkanes of at least 4 members (excludes halogenated alkanes) is 2. The quantitative estimate of drug-likeness (QED) is 0.253. The maximum atomic E-state index is 5.87. The summed E-state index contributed by atoms with van der Waals surface area (Å²) in [5.74, 6) is 3.24. The van der Waals surface area contributed by atoms with Crippen molar-refractivity contribution in [3.8, 4) is 12.3 Å². The first-order valence-corrected chi connectivity index (χ1v) is 6.83. The number of nitrogens with zero attached hydrogens (tertiary/aromatic N) is 1. The summed E-state index contributed by atoms with van der Waals surface area (Å²) in [4.78, 5) is 4.34. The molecular formula is C14H25N3. The molecule has 3 nitrogen and oxygen atoms in total. The molecule has 0 atom stereocenters. The van der Waals surface area contributed by atoms with Gasteiger partial charge in [-0.2, -0.15) is 0 Å². The van der Waals surface area contributed by atoms with Gasteiger partial charge in [0.2, 0.25) is 0 Å². The highest BCUT2D eigenvalue weighted by atomic mass is 15.1. The SMILES string of the molecule is C#CCCCCN=C(N)NC1CCCCCC1. The summed E-state index contributed by atoms with van der Waals surface area (Å²) >= 11 is 0. The van der Waals surface area contributed by atoms with Gasteiger partial charge in [0.15, 0.2) is 5.96 Å². The Kier molecular flexibility index (Phi) is 7.29. The molecule has 1 rings (SSSR count). The lowest BCUT2D eigenvalue weighted by molar-refractivity contribution is 0.530. The van der Waals surface area contributed by atoms with Gasteiger partial charge in [-0.05, 0) is 25.7 Å². The Morgan fingerprint density at radius 1 is 1.24 bits per heavy atom. The predicted molar refractivity (Wildman–Crippen MR) is 73.8 cm³/mol. The molecule has 1 saturated carbocycles. The largest absolute Gasteiger partial charge is 0.370 e. The van der Waals surface area contributed by atoms with E-state index in [-0.39, 0.29) is 0 Å². The third-order valence-electron chi connectivity index (χ3n) is 3.22. The van der Waals surface area contributed by atoms with Crippen LogP contribution in [0.1, 0.15) is 57.8 Å². The van der Waals surface area contributed by atoms with Gasteiger partial charge < -0.3 is 11.1 Å². The van der Waals surface area contributed by atoms with Crippen LogP contribution in [0.4, 0.5) is 0 Å². The van der Waals surface area contributed by atoms with Crippen LogP contribution >= 0.6 is 0 Å². The fraction of sp³-hybridized carbons (Fsp3) is 0.786. The molecule has 3 heteroatoms. The van der Waals surface area contributed by atoms with E-state index >= 15 is 0 Å². The number of hydrogen-bond acceptors (Lipinski definition) is 1. The second-order valence-corrected chi connectivity index (χ2v) is 4.76. The molecule has 0 heterocycles. The summed E-state index contributed by atoms with van der Waals surface area (Å²) in [5, 5.41) is 3.34. The minimum atomic E-state index is 0.534. The summed E-state index contributed by atoms with van der Waals surface area (Å²) in [7, 11) is 0. The van der Waals surface area contributed by atoms with Crippen LogP contribution in [0.3, 0.4) is 0 Å². The molecule has 1 aliphatic rings. The average Bonchev–Trinajstić information content (AvgIpc) is 2.57. The number of aliphatic imine (C=N–C) groups is 1. The van der Waals surface area contributed by atoms with E-state index in [1.54, 1.807) is 0 Å². The van der Waals surface area contributed by atoms with E-state index in [9.17, 15) is 0 Å². The number of nitrogens with two attached hydrogens (primary N) is 1. The number of guanidine groups is 1. The standard InChI is InChI=1S/C14H25N3/c1-2-3-4-9-12-16-14(15)17-13-10-7-5-6-8-11-13/h1,13H,3-12H2,(H3,15,16,17). The van der Waals surface area contributed by atoms with Gasteiger partial charge in [0.05, 0.1) is 0 Å². The van der Waals surface area contributed by atoms with Gasteiger partial charge >= 0.3 is 0 Å². The lowest BCUT2D eigenvalue weighted by atomic mass is 10.1. The van der Waals surface area contributed by atoms with Crippen LogP contribution in [0.25, 0.3) is 0 Å². The highest BCUT2D eigenvalue weighted by Crippen LogP contribution is 2.16. The third kappa shape index (κ3) is 6.88. The van der Waals surface area contributed by atoms with Crippen LogP contribution in [0, 0.1) is 12.3 Å². The maximum Gasteiger partial charge on any atom is 0.188 e. The van der Waals surface area contributed by atoms with Crippen molar-refractivity contribution in [2.45, 2.75) is 63.8 Å². The summed E-state index contributed by atoms with van der Waals surface area (Å²) in [6.07, 6.45) is 15.9. The van der Waals surface area contributed by atoms with Crippen molar-refractivity contribution >= 4 is 5.96 Å². The molecule has 1 aliphatic carbocycles. The maximum absolute atomic E-state index is 5.87. The molecule has 0 aromatic rings. The molecule has 3 N–H and O–H groups in total. The summed E-state index contributed by atoms with van der Waals surface area (Å²) < 4.78 is 0. The monoisotopic (exact) mass is 235 g/mol. The number of nitrogens with one attached hydrogen (secondary N) is 1. The zero-order chi connectivity index (χ0) is 12.3. The molecular weight excluding hydrogens is 210 g/mol. The normalized spacial score (nSPS) is 18.4. The molecule has 1 fully saturated rings. The second kappa shape index (κ2) is 8.92. The minimum Gasteiger partial charge on any atom is -0.370 e. The van der Waals surface area contributed by atoms with Crippen LogP contribution in [0.15, 0.2) is 4.99 Å². The lowest BCUT2D eigenvalue weighted by Crippen LogP contribution is -2.39. The molecule has 0 spiro atoms. The van der Waals surface area contributed by atoms with Gasteiger partial charge in [-0.3, -0.25) is 4.99 Å². The van der Waals surface area contributed by atoms with E-state index in [1.807, 2.05) is 0 Å². The molecule has 0 radical (unpaired) electrons. The van der Waals surface area contributed by atoms with E-state index in [4.69, 9.17) is 12.2 Å². The van der Waals surface area contributed by atoms with Crippen molar-refractivity contribution in [3.05, 3.63) is 0 Å². The predicted octanol–water partition coefficient (Wildman–Crippen LogP) is 2.42. The molecule has 17 heavy (non-hydrogen) atoms. The summed E-state index contributed by atoms with van der Waals surface area (Å²) in [6, 6.07) is 0.534. The fourth-order valence-corrected chi connectivity index (χ4v) is 2.22. The molecule has 0 unspecified atom stereocenters. The van der Waals surface area contributed by atoms with Gasteiger partial charge in [-0.25, -0.2) is 0 Å². The van der Waals surface area contributed by atoms with E-state index in [1.165, 1.54) is 38.5 Å². The Morgan fingerprint density at radius 2 is 1.94 bits per heavy atom. The number of terminal acetylenes is 1. The molecule has 0 aromatic heterocycles. The van der Waals surface area contributed by atoms with E-state index in [0.29, 0.717) is 12.0 Å². The highest BCUT2D eigenvalue weighted by Gasteiger charge is 2.11. The summed E-state index contributed by atoms with van der Waals surface area (Å²) in [5.41, 5.74) is 5.87. The highest BCUT2D eigenvalue weighted by molar-refractivity contribution is 5.78. The van der Waals surface area contributed by atoms with Gasteiger partial charge in [0.1, 0.15) is 0 Å². The van der Waals surface area contributed by atoms with Crippen LogP contribution in [0.2, 0.25) is 0 Å². The average molecular weight is 235 g/mol. The smallest absolute Gasteiger partial charge is 0.188 e. The summed E-state index contributed by atoms with van der Waals surface area (Å²) in [6.45, 7) is 0.785. The third-order valence-corrected chi connectivity index (χ3v) is 3.22. The van der Waals surface area contributed by atoms with Gasteiger partial charge in [-0.15, -0.1) is 12.3 Å². The van der Waals surface area contributed by atoms with E-state index in [2.05, 4.69) is 16.2 Å². The Labute approximate surface area is 105 Å². The molecule has 0 saturated heterocycles. The molecule has 0 aliphatic heterocycles. The minimum absolute atomic E-state index is 0.534. The Morgan fingerprint density at radius 3 is 2.59 bits per heavy atom. The molecule has 0 bridgehead atoms. The second-order valence-electron chi connectivity index (χ2n) is 4.76. The Balaban J connectivity index is 2.15. The van der Waals surface area contributed by atoms with Crippen LogP contribution < -0.4 is 11.1 Å². The van der Waals surface area contributed by atoms with Crippen molar-refractivity contribution in [1.29, 1.82) is 0 Å². The van der Waals surface area contributed by atoms with Crippen molar-refractivity contribution in [2.75, 3.05) is 6.54 Å². The molecule has 96 valence electrons. The first kappa shape index (κ1) is 13.9. The first-order chi connectivity index (χ1) is 8.33. The van der Waals surface area contributed by atoms with Gasteiger partial charge in [-0.1, -0.05) is 25.7 Å². The van der Waals surface area contributed by atoms with Crippen LogP contribution in [-0.2, 0) is 0 Å². The van der Waals surface area contributed by atoms with Crippen molar-refractivity contribution in [2.24, 2.45) is 10.7 Å². The first-order valence-electron chi connectivity index (χ1n) is 6.83. The van der Waals surface area contributed by atoms with Crippen LogP contribution in [-0.4, -0.2) is 18.5 Å².